The van der Waals surface area contributed by atoms with Gasteiger partial charge in [0.1, 0.15) is 0 Å². The van der Waals surface area contributed by atoms with Crippen LogP contribution in [-0.4, -0.2) is 0 Å². The number of hydrogen-bond donors (Lipinski definition) is 0. The van der Waals surface area contributed by atoms with Gasteiger partial charge in [-0.05, 0) is 0 Å². The standard InChI is InChI=1S/CN.Cu.Ni/c1-2;;. The van der Waals surface area contributed by atoms with Gasteiger partial charge in [-0.2, -0.15) is 0 Å². The predicted molar refractivity (Wildman–Crippen MR) is 5.61 cm³/mol. The average Bonchev–Trinajstić information content (AvgIpc) is 0.918. The third-order valence-corrected chi connectivity index (χ3v) is 0. The Hall–Kier alpha value is 0.503. The van der Waals surface area contributed by atoms with E-state index in [9.17, 15) is 0 Å². The van der Waals surface area contributed by atoms with Gasteiger partial charge >= 0.3 is 26.2 Å². The Morgan fingerprint density at radius 3 is 1.75 bits per heavy atom. The molecule has 0 saturated heterocycles. The van der Waals surface area contributed by atoms with Gasteiger partial charge < -0.3 is 0 Å². The number of rotatable bonds is 0. The molecule has 1 nitrogen and oxygen atoms in total. The van der Waals surface area contributed by atoms with Gasteiger partial charge in [0.2, 0.25) is 0 Å². The maximum Gasteiger partial charge on any atom is 0 e. The van der Waals surface area contributed by atoms with Gasteiger partial charge in [0.05, 0.1) is 0 Å². The summed E-state index contributed by atoms with van der Waals surface area (Å²) in [6.45, 7) is 0. The Morgan fingerprint density at radius 1 is 1.75 bits per heavy atom. The zero-order valence-electron chi connectivity index (χ0n) is 1.56. The van der Waals surface area contributed by atoms with Crippen LogP contribution in [0, 0.1) is 10.2 Å². The van der Waals surface area contributed by atoms with Crippen LogP contribution >= 0.6 is 0 Å². The van der Waals surface area contributed by atoms with E-state index in [-0.39, 0.29) is 16.5 Å². The van der Waals surface area contributed by atoms with Gasteiger partial charge in [-0.3, -0.25) is 0 Å². The molecule has 0 heterocycles. The van der Waals surface area contributed by atoms with E-state index in [1.54, 1.807) is 0 Å². The van der Waals surface area contributed by atoms with E-state index in [0.29, 0.717) is 0 Å². The van der Waals surface area contributed by atoms with E-state index in [4.69, 9.17) is 5.26 Å². The summed E-state index contributed by atoms with van der Waals surface area (Å²) in [6.07, 6.45) is 0. The van der Waals surface area contributed by atoms with Crippen molar-refractivity contribution in [3.8, 4) is 4.97 Å². The fourth-order valence-corrected chi connectivity index (χ4v) is 0. The molecule has 0 amide bonds. The Kier molecular flexibility index (Phi) is 21.4. The van der Waals surface area contributed by atoms with E-state index < -0.39 is 0 Å². The van der Waals surface area contributed by atoms with Crippen molar-refractivity contribution in [2.24, 2.45) is 0 Å². The minimum absolute atomic E-state index is 0. The third-order valence-electron chi connectivity index (χ3n) is 0. The Labute approximate surface area is 43.1 Å². The molecule has 3 heteroatoms. The van der Waals surface area contributed by atoms with Crippen LogP contribution < -0.4 is 0 Å². The first-order valence-corrected chi connectivity index (χ1v) is 0.845. The molecule has 0 N–H and O–H groups in total. The van der Waals surface area contributed by atoms with Crippen molar-refractivity contribution in [2.45, 2.75) is 0 Å². The van der Waals surface area contributed by atoms with Crippen LogP contribution in [0.25, 0.3) is 0 Å². The molecule has 0 rings (SSSR count). The van der Waals surface area contributed by atoms with Gasteiger partial charge in [0, 0.05) is 16.5 Å². The molecule has 0 aromatic rings. The van der Waals surface area contributed by atoms with Crippen LogP contribution in [0.1, 0.15) is 0 Å². The summed E-state index contributed by atoms with van der Waals surface area (Å²) < 4.78 is 0. The van der Waals surface area contributed by atoms with E-state index in [1.807, 2.05) is 0 Å². The zero-order valence-corrected chi connectivity index (χ0v) is 3.49. The topological polar surface area (TPSA) is 23.8 Å². The predicted octanol–water partition coefficient (Wildman–Crippen LogP) is 0.0118. The summed E-state index contributed by atoms with van der Waals surface area (Å²) in [7, 11) is 0. The Bertz CT molecular complexity index is 29.5. The smallest absolute Gasteiger partial charge is 0 e. The first-order chi connectivity index (χ1) is 1.41. The normalized spacial score (nSPS) is 2.25. The van der Waals surface area contributed by atoms with Gasteiger partial charge in [-0.25, -0.2) is 0 Å². The van der Waals surface area contributed by atoms with Gasteiger partial charge in [-0.1, -0.05) is 0 Å². The molecule has 0 fully saturated rings. The average molecular weight is 148 g/mol. The molecule has 0 aromatic heterocycles. The fourth-order valence-electron chi connectivity index (χ4n) is 0. The molecule has 0 aliphatic rings. The van der Waals surface area contributed by atoms with Gasteiger partial charge in [0.25, 0.3) is 0 Å². The minimum atomic E-state index is 0. The van der Waals surface area contributed by atoms with E-state index in [1.165, 1.54) is 4.97 Å². The zero-order chi connectivity index (χ0) is 2.71. The van der Waals surface area contributed by atoms with Gasteiger partial charge in [0.15, 0.2) is 0 Å². The summed E-state index contributed by atoms with van der Waals surface area (Å²) in [6, 6.07) is 0. The molecule has 0 aliphatic carbocycles. The van der Waals surface area contributed by atoms with E-state index in [0.717, 1.165) is 0 Å². The monoisotopic (exact) mass is 147 g/mol. The Morgan fingerprint density at radius 2 is 1.75 bits per heavy atom. The molecular weight excluding hydrogens is 148 g/mol. The van der Waals surface area contributed by atoms with E-state index in [2.05, 4.69) is 16.0 Å². The largest absolute Gasteiger partial charge is 0 e. The summed E-state index contributed by atoms with van der Waals surface area (Å²) in [4.78, 5) is 1.31. The van der Waals surface area contributed by atoms with Gasteiger partial charge in [-0.15, -0.1) is 0 Å². The molecule has 0 unspecified atom stereocenters. The summed E-state index contributed by atoms with van der Waals surface area (Å²) in [5.74, 6) is 0. The first kappa shape index (κ1) is 8.82. The van der Waals surface area contributed by atoms with Crippen LogP contribution in [0.4, 0.5) is 0 Å². The maximum absolute atomic E-state index is 7.12. The molecule has 0 aliphatic heterocycles. The summed E-state index contributed by atoms with van der Waals surface area (Å²) >= 11 is 3.81. The fraction of sp³-hybridized carbons (Fsp3) is 0. The van der Waals surface area contributed by atoms with Crippen LogP contribution in [0.2, 0.25) is 0 Å². The molecule has 0 spiro atoms. The first-order valence-electron chi connectivity index (χ1n) is 0.374. The number of nitrogens with zero attached hydrogens (tertiary/aromatic N) is 1. The second-order valence-corrected chi connectivity index (χ2v) is 0.278. The van der Waals surface area contributed by atoms with Crippen molar-refractivity contribution in [1.29, 1.82) is 5.26 Å². The number of nitriles is 1. The van der Waals surface area contributed by atoms with Crippen molar-refractivity contribution in [3.63, 3.8) is 0 Å². The molecule has 0 bridgehead atoms. The maximum atomic E-state index is 7.12. The van der Waals surface area contributed by atoms with Crippen molar-refractivity contribution >= 4 is 0 Å². The molecule has 30 valence electrons. The van der Waals surface area contributed by atoms with Crippen molar-refractivity contribution in [2.75, 3.05) is 0 Å². The second-order valence-electron chi connectivity index (χ2n) is 0.0674. The van der Waals surface area contributed by atoms with Crippen molar-refractivity contribution in [3.05, 3.63) is 0 Å². The SMILES string of the molecule is N#[C][Cu].[Ni]. The van der Waals surface area contributed by atoms with E-state index >= 15 is 0 Å². The van der Waals surface area contributed by atoms with Crippen LogP contribution in [0.15, 0.2) is 0 Å². The van der Waals surface area contributed by atoms with Crippen LogP contribution in [0.3, 0.4) is 0 Å². The molecular formula is CCuNNi. The third kappa shape index (κ3) is 22.3. The van der Waals surface area contributed by atoms with Crippen molar-refractivity contribution in [1.82, 2.24) is 0 Å². The van der Waals surface area contributed by atoms with Crippen LogP contribution in [-0.2, 0) is 32.5 Å². The quantitative estimate of drug-likeness (QED) is 0.444. The molecule has 0 radical (unpaired) electrons. The molecule has 0 atom stereocenters. The Balaban J connectivity index is 0. The van der Waals surface area contributed by atoms with Crippen molar-refractivity contribution < 1.29 is 32.5 Å². The minimum Gasteiger partial charge on any atom is 0 e. The summed E-state index contributed by atoms with van der Waals surface area (Å²) in [5, 5.41) is 7.12. The molecule has 4 heavy (non-hydrogen) atoms. The second kappa shape index (κ2) is 9.72. The van der Waals surface area contributed by atoms with Crippen LogP contribution in [0.5, 0.6) is 0 Å². The molecule has 0 aromatic carbocycles. The molecule has 0 saturated carbocycles. The number of hydrogen-bond acceptors (Lipinski definition) is 1. The summed E-state index contributed by atoms with van der Waals surface area (Å²) in [5.41, 5.74) is 0.